The van der Waals surface area contributed by atoms with Gasteiger partial charge < -0.3 is 28.4 Å². The van der Waals surface area contributed by atoms with Gasteiger partial charge in [-0.1, -0.05) is 30.3 Å². The monoisotopic (exact) mass is 362 g/mol. The molecular formula is C20H26O6. The van der Waals surface area contributed by atoms with Gasteiger partial charge in [0.05, 0.1) is 6.61 Å². The van der Waals surface area contributed by atoms with E-state index in [4.69, 9.17) is 28.4 Å². The SMILES string of the molecule is CO[C@H]1[C@@H]2O[C@@H]([C@@H]3C[C@H]3c3ccccc3)O[C@@H]2CO[C@]12COC(C)(C)O2. The molecule has 0 bridgehead atoms. The van der Waals surface area contributed by atoms with Gasteiger partial charge >= 0.3 is 0 Å². The van der Waals surface area contributed by atoms with Crippen LogP contribution < -0.4 is 0 Å². The summed E-state index contributed by atoms with van der Waals surface area (Å²) in [5, 5.41) is 0. The Morgan fingerprint density at radius 1 is 1.08 bits per heavy atom. The van der Waals surface area contributed by atoms with E-state index in [-0.39, 0.29) is 24.6 Å². The lowest BCUT2D eigenvalue weighted by molar-refractivity contribution is -0.330. The molecule has 1 aromatic carbocycles. The van der Waals surface area contributed by atoms with Gasteiger partial charge in [0.2, 0.25) is 5.79 Å². The van der Waals surface area contributed by atoms with Gasteiger partial charge in [-0.3, -0.25) is 0 Å². The molecule has 3 heterocycles. The fourth-order valence-electron chi connectivity index (χ4n) is 4.56. The Hall–Kier alpha value is -1.02. The van der Waals surface area contributed by atoms with Crippen molar-refractivity contribution in [3.63, 3.8) is 0 Å². The van der Waals surface area contributed by atoms with Crippen molar-refractivity contribution in [2.45, 2.75) is 62.4 Å². The molecule has 0 aromatic heterocycles. The lowest BCUT2D eigenvalue weighted by Gasteiger charge is -2.43. The van der Waals surface area contributed by atoms with Crippen LogP contribution in [-0.2, 0) is 28.4 Å². The standard InChI is InChI=1S/C20H26O6/c1-19(2)23-11-20(26-19)17(21-3)16-15(10-22-20)24-18(25-16)14-9-13(14)12-7-5-4-6-8-12/h4-8,13-18H,9-11H2,1-3H3/t13-,14+,15+,16+,17-,18-,20-/m0/s1. The average Bonchev–Trinajstić information content (AvgIpc) is 3.23. The van der Waals surface area contributed by atoms with E-state index in [2.05, 4.69) is 24.3 Å². The summed E-state index contributed by atoms with van der Waals surface area (Å²) < 4.78 is 36.2. The summed E-state index contributed by atoms with van der Waals surface area (Å²) in [4.78, 5) is 0. The van der Waals surface area contributed by atoms with Crippen molar-refractivity contribution in [2.24, 2.45) is 5.92 Å². The van der Waals surface area contributed by atoms with Gasteiger partial charge in [0.25, 0.3) is 0 Å². The van der Waals surface area contributed by atoms with Crippen LogP contribution in [0.2, 0.25) is 0 Å². The summed E-state index contributed by atoms with van der Waals surface area (Å²) in [5.74, 6) is -0.742. The third-order valence-electron chi connectivity index (χ3n) is 5.90. The van der Waals surface area contributed by atoms with Crippen molar-refractivity contribution in [1.29, 1.82) is 0 Å². The lowest BCUT2D eigenvalue weighted by Crippen LogP contribution is -2.62. The Morgan fingerprint density at radius 3 is 2.58 bits per heavy atom. The Balaban J connectivity index is 1.30. The highest BCUT2D eigenvalue weighted by molar-refractivity contribution is 5.26. The second-order valence-corrected chi connectivity index (χ2v) is 8.13. The third kappa shape index (κ3) is 2.71. The molecule has 26 heavy (non-hydrogen) atoms. The second-order valence-electron chi connectivity index (χ2n) is 8.13. The molecule has 7 atom stereocenters. The minimum atomic E-state index is -0.931. The summed E-state index contributed by atoms with van der Waals surface area (Å²) in [6.45, 7) is 4.51. The molecule has 3 aliphatic heterocycles. The molecule has 5 rings (SSSR count). The van der Waals surface area contributed by atoms with Crippen LogP contribution in [0, 0.1) is 5.92 Å². The molecule has 3 saturated heterocycles. The van der Waals surface area contributed by atoms with Crippen LogP contribution in [-0.4, -0.2) is 56.5 Å². The summed E-state index contributed by atoms with van der Waals surface area (Å²) in [6.07, 6.45) is 0.127. The van der Waals surface area contributed by atoms with E-state index in [1.165, 1.54) is 5.56 Å². The quantitative estimate of drug-likeness (QED) is 0.823. The number of ether oxygens (including phenoxy) is 6. The zero-order valence-corrected chi connectivity index (χ0v) is 15.4. The maximum absolute atomic E-state index is 6.34. The number of hydrogen-bond acceptors (Lipinski definition) is 6. The first-order chi connectivity index (χ1) is 12.5. The van der Waals surface area contributed by atoms with E-state index >= 15 is 0 Å². The van der Waals surface area contributed by atoms with Crippen LogP contribution in [0.15, 0.2) is 30.3 Å². The normalized spacial score (nSPS) is 46.4. The zero-order valence-electron chi connectivity index (χ0n) is 15.4. The van der Waals surface area contributed by atoms with Crippen molar-refractivity contribution in [3.05, 3.63) is 35.9 Å². The molecule has 6 nitrogen and oxygen atoms in total. The van der Waals surface area contributed by atoms with E-state index < -0.39 is 11.6 Å². The number of rotatable bonds is 3. The minimum Gasteiger partial charge on any atom is -0.373 e. The fourth-order valence-corrected chi connectivity index (χ4v) is 4.56. The molecule has 4 fully saturated rings. The molecule has 1 spiro atoms. The summed E-state index contributed by atoms with van der Waals surface area (Å²) >= 11 is 0. The smallest absolute Gasteiger partial charge is 0.224 e. The van der Waals surface area contributed by atoms with Gasteiger partial charge in [-0.15, -0.1) is 0 Å². The maximum Gasteiger partial charge on any atom is 0.224 e. The molecule has 6 heteroatoms. The van der Waals surface area contributed by atoms with Gasteiger partial charge in [0.1, 0.15) is 24.9 Å². The van der Waals surface area contributed by atoms with Crippen LogP contribution in [0.4, 0.5) is 0 Å². The molecule has 4 aliphatic rings. The lowest BCUT2D eigenvalue weighted by atomic mass is 9.97. The first kappa shape index (κ1) is 17.1. The molecule has 1 aromatic rings. The molecule has 0 unspecified atom stereocenters. The number of fused-ring (bicyclic) bond motifs is 1. The van der Waals surface area contributed by atoms with Crippen LogP contribution in [0.3, 0.4) is 0 Å². The van der Waals surface area contributed by atoms with E-state index in [0.29, 0.717) is 25.0 Å². The Bertz CT molecular complexity index is 664. The summed E-state index contributed by atoms with van der Waals surface area (Å²) in [7, 11) is 1.66. The van der Waals surface area contributed by atoms with Gasteiger partial charge in [-0.05, 0) is 31.7 Å². The molecule has 1 saturated carbocycles. The third-order valence-corrected chi connectivity index (χ3v) is 5.90. The van der Waals surface area contributed by atoms with Gasteiger partial charge in [-0.2, -0.15) is 0 Å². The highest BCUT2D eigenvalue weighted by Crippen LogP contribution is 2.54. The topological polar surface area (TPSA) is 55.4 Å². The Kier molecular flexibility index (Phi) is 3.94. The summed E-state index contributed by atoms with van der Waals surface area (Å²) in [6, 6.07) is 10.6. The van der Waals surface area contributed by atoms with Gasteiger partial charge in [0.15, 0.2) is 12.1 Å². The van der Waals surface area contributed by atoms with Crippen molar-refractivity contribution >= 4 is 0 Å². The number of benzene rings is 1. The number of methoxy groups -OCH3 is 1. The van der Waals surface area contributed by atoms with E-state index in [1.54, 1.807) is 7.11 Å². The fraction of sp³-hybridized carbons (Fsp3) is 0.700. The number of hydrogen-bond donors (Lipinski definition) is 0. The predicted octanol–water partition coefficient (Wildman–Crippen LogP) is 2.42. The van der Waals surface area contributed by atoms with E-state index in [0.717, 1.165) is 6.42 Å². The Morgan fingerprint density at radius 2 is 1.88 bits per heavy atom. The molecule has 142 valence electrons. The molecular weight excluding hydrogens is 336 g/mol. The first-order valence-electron chi connectivity index (χ1n) is 9.38. The summed E-state index contributed by atoms with van der Waals surface area (Å²) in [5.41, 5.74) is 1.35. The van der Waals surface area contributed by atoms with E-state index in [9.17, 15) is 0 Å². The van der Waals surface area contributed by atoms with Crippen molar-refractivity contribution < 1.29 is 28.4 Å². The van der Waals surface area contributed by atoms with Crippen LogP contribution >= 0.6 is 0 Å². The molecule has 1 aliphatic carbocycles. The first-order valence-corrected chi connectivity index (χ1v) is 9.38. The highest BCUT2D eigenvalue weighted by atomic mass is 16.9. The van der Waals surface area contributed by atoms with Gasteiger partial charge in [0, 0.05) is 13.0 Å². The minimum absolute atomic E-state index is 0.139. The van der Waals surface area contributed by atoms with Crippen molar-refractivity contribution in [2.75, 3.05) is 20.3 Å². The van der Waals surface area contributed by atoms with Crippen LogP contribution in [0.25, 0.3) is 0 Å². The van der Waals surface area contributed by atoms with E-state index in [1.807, 2.05) is 19.9 Å². The second kappa shape index (κ2) is 5.99. The Labute approximate surface area is 153 Å². The zero-order chi connectivity index (χ0) is 17.9. The van der Waals surface area contributed by atoms with Crippen molar-refractivity contribution in [1.82, 2.24) is 0 Å². The average molecular weight is 362 g/mol. The molecule has 0 N–H and O–H groups in total. The van der Waals surface area contributed by atoms with Crippen LogP contribution in [0.1, 0.15) is 31.7 Å². The highest BCUT2D eigenvalue weighted by Gasteiger charge is 2.63. The maximum atomic E-state index is 6.34. The van der Waals surface area contributed by atoms with Crippen molar-refractivity contribution in [3.8, 4) is 0 Å². The predicted molar refractivity (Wildman–Crippen MR) is 91.4 cm³/mol. The molecule has 0 radical (unpaired) electrons. The molecule has 0 amide bonds. The van der Waals surface area contributed by atoms with Crippen LogP contribution in [0.5, 0.6) is 0 Å². The van der Waals surface area contributed by atoms with Gasteiger partial charge in [-0.25, -0.2) is 0 Å². The largest absolute Gasteiger partial charge is 0.373 e.